The van der Waals surface area contributed by atoms with Gasteiger partial charge in [0.25, 0.3) is 0 Å². The van der Waals surface area contributed by atoms with Crippen molar-refractivity contribution in [1.82, 2.24) is 4.72 Å². The highest BCUT2D eigenvalue weighted by Gasteiger charge is 2.47. The first-order chi connectivity index (χ1) is 13.8. The van der Waals surface area contributed by atoms with Gasteiger partial charge in [-0.2, -0.15) is 0 Å². The minimum atomic E-state index is -3.67. The van der Waals surface area contributed by atoms with Crippen molar-refractivity contribution >= 4 is 16.0 Å². The molecule has 0 amide bonds. The lowest BCUT2D eigenvalue weighted by molar-refractivity contribution is -0.139. The number of sulfonamides is 1. The molecular weight excluding hydrogens is 394 g/mol. The Morgan fingerprint density at radius 2 is 2.00 bits per heavy atom. The minimum absolute atomic E-state index is 0.139. The number of nitrogens with one attached hydrogen (secondary N) is 1. The quantitative estimate of drug-likeness (QED) is 0.749. The third kappa shape index (κ3) is 3.70. The maximum atomic E-state index is 13.0. The minimum Gasteiger partial charge on any atom is -0.486 e. The Balaban J connectivity index is 1.59. The number of aryl methyl sites for hydroxylation is 2. The molecule has 0 radical (unpaired) electrons. The molecule has 2 N–H and O–H groups in total. The van der Waals surface area contributed by atoms with Crippen LogP contribution in [0.25, 0.3) is 0 Å². The van der Waals surface area contributed by atoms with E-state index in [1.165, 1.54) is 0 Å². The number of carboxylic acids is 1. The van der Waals surface area contributed by atoms with Crippen LogP contribution in [0.2, 0.25) is 0 Å². The Kier molecular flexibility index (Phi) is 5.00. The number of carboxylic acid groups (broad SMARTS) is 1. The van der Waals surface area contributed by atoms with E-state index in [0.717, 1.165) is 16.7 Å². The molecule has 0 aromatic heterocycles. The summed E-state index contributed by atoms with van der Waals surface area (Å²) in [6.45, 7) is 3.37. The van der Waals surface area contributed by atoms with Crippen molar-refractivity contribution in [3.05, 3.63) is 53.1 Å². The van der Waals surface area contributed by atoms with Gasteiger partial charge < -0.3 is 14.6 Å². The van der Waals surface area contributed by atoms with E-state index in [1.54, 1.807) is 30.3 Å². The van der Waals surface area contributed by atoms with Crippen LogP contribution >= 0.6 is 0 Å². The fourth-order valence-electron chi connectivity index (χ4n) is 4.12. The summed E-state index contributed by atoms with van der Waals surface area (Å²) in [5.74, 6) is -0.326. The maximum Gasteiger partial charge on any atom is 0.341 e. The molecular formula is C21H23NO6S. The van der Waals surface area contributed by atoms with Crippen LogP contribution in [0.5, 0.6) is 11.5 Å². The van der Waals surface area contributed by atoms with Gasteiger partial charge in [0.1, 0.15) is 6.10 Å². The van der Waals surface area contributed by atoms with Crippen molar-refractivity contribution in [3.63, 3.8) is 0 Å². The van der Waals surface area contributed by atoms with Crippen LogP contribution in [0.15, 0.2) is 41.3 Å². The molecule has 2 aromatic carbocycles. The summed E-state index contributed by atoms with van der Waals surface area (Å²) in [7, 11) is -3.67. The molecule has 2 aliphatic rings. The molecule has 1 heterocycles. The smallest absolute Gasteiger partial charge is 0.341 e. The summed E-state index contributed by atoms with van der Waals surface area (Å²) in [6.07, 6.45) is 1.21. The zero-order valence-corrected chi connectivity index (χ0v) is 17.0. The molecule has 29 heavy (non-hydrogen) atoms. The third-order valence-electron chi connectivity index (χ3n) is 5.68. The van der Waals surface area contributed by atoms with Crippen LogP contribution in [0.3, 0.4) is 0 Å². The zero-order chi connectivity index (χ0) is 20.8. The Bertz CT molecular complexity index is 1060. The largest absolute Gasteiger partial charge is 0.486 e. The highest BCUT2D eigenvalue weighted by atomic mass is 32.2. The van der Waals surface area contributed by atoms with E-state index in [1.807, 2.05) is 19.9 Å². The monoisotopic (exact) mass is 417 g/mol. The van der Waals surface area contributed by atoms with E-state index in [2.05, 4.69) is 4.72 Å². The molecule has 8 heteroatoms. The molecule has 4 rings (SSSR count). The summed E-state index contributed by atoms with van der Waals surface area (Å²) in [6, 6.07) is 10.1. The number of carbonyl (C=O) groups is 1. The average Bonchev–Trinajstić information content (AvgIpc) is 3.22. The zero-order valence-electron chi connectivity index (χ0n) is 16.2. The Labute approximate surface area is 169 Å². The van der Waals surface area contributed by atoms with Crippen LogP contribution in [0.1, 0.15) is 35.4 Å². The second-order valence-electron chi connectivity index (χ2n) is 7.59. The number of rotatable bonds is 6. The van der Waals surface area contributed by atoms with Gasteiger partial charge in [-0.1, -0.05) is 18.2 Å². The van der Waals surface area contributed by atoms with Gasteiger partial charge in [-0.15, -0.1) is 0 Å². The highest BCUT2D eigenvalue weighted by Crippen LogP contribution is 2.51. The summed E-state index contributed by atoms with van der Waals surface area (Å²) in [5.41, 5.74) is 2.81. The van der Waals surface area contributed by atoms with E-state index in [0.29, 0.717) is 24.3 Å². The van der Waals surface area contributed by atoms with Crippen LogP contribution < -0.4 is 14.2 Å². The van der Waals surface area contributed by atoms with Crippen LogP contribution in [0, 0.1) is 13.8 Å². The molecule has 2 aromatic rings. The fourth-order valence-corrected chi connectivity index (χ4v) is 5.50. The van der Waals surface area contributed by atoms with Crippen molar-refractivity contribution in [2.75, 3.05) is 6.61 Å². The van der Waals surface area contributed by atoms with Gasteiger partial charge in [0.2, 0.25) is 10.0 Å². The van der Waals surface area contributed by atoms with Crippen molar-refractivity contribution in [2.45, 2.75) is 49.6 Å². The molecule has 7 nitrogen and oxygen atoms in total. The van der Waals surface area contributed by atoms with Crippen LogP contribution in [-0.4, -0.2) is 38.2 Å². The van der Waals surface area contributed by atoms with Crippen LogP contribution in [0.4, 0.5) is 0 Å². The number of para-hydroxylation sites is 1. The number of hydrogen-bond donors (Lipinski definition) is 2. The highest BCUT2D eigenvalue weighted by molar-refractivity contribution is 7.89. The van der Waals surface area contributed by atoms with E-state index >= 15 is 0 Å². The predicted octanol–water partition coefficient (Wildman–Crippen LogP) is 2.75. The summed E-state index contributed by atoms with van der Waals surface area (Å²) in [5, 5.41) is 8.86. The van der Waals surface area contributed by atoms with Crippen molar-refractivity contribution in [2.24, 2.45) is 0 Å². The second-order valence-corrected chi connectivity index (χ2v) is 9.30. The molecule has 1 aliphatic carbocycles. The van der Waals surface area contributed by atoms with E-state index in [9.17, 15) is 13.2 Å². The third-order valence-corrected chi connectivity index (χ3v) is 7.17. The Hall–Kier alpha value is -2.58. The standard InChI is InChI=1S/C21H23NO6S/c1-12-6-7-14(10-13(12)2)29(25,26)22-16-8-9-17-20(16)15-4-3-5-18(21(15)28-17)27-11-19(23)24/h3-7,10,16-17,20,22H,8-9,11H2,1-2H3,(H,23,24). The normalized spacial score (nSPS) is 22.6. The molecule has 3 atom stereocenters. The van der Waals surface area contributed by atoms with Gasteiger partial charge in [0.15, 0.2) is 18.1 Å². The molecule has 1 fully saturated rings. The SMILES string of the molecule is Cc1ccc(S(=O)(=O)NC2CCC3Oc4c(OCC(=O)O)cccc4C23)cc1C. The topological polar surface area (TPSA) is 102 Å². The van der Waals surface area contributed by atoms with Gasteiger partial charge in [-0.3, -0.25) is 0 Å². The molecule has 1 aliphatic heterocycles. The van der Waals surface area contributed by atoms with Gasteiger partial charge in [-0.25, -0.2) is 17.9 Å². The lowest BCUT2D eigenvalue weighted by Crippen LogP contribution is -2.37. The summed E-state index contributed by atoms with van der Waals surface area (Å²) >= 11 is 0. The lowest BCUT2D eigenvalue weighted by Gasteiger charge is -2.20. The first-order valence-corrected chi connectivity index (χ1v) is 11.0. The molecule has 0 saturated heterocycles. The lowest BCUT2D eigenvalue weighted by atomic mass is 9.94. The summed E-state index contributed by atoms with van der Waals surface area (Å²) < 4.78 is 40.1. The van der Waals surface area contributed by atoms with Gasteiger partial charge in [-0.05, 0) is 56.0 Å². The molecule has 154 valence electrons. The Morgan fingerprint density at radius 1 is 1.21 bits per heavy atom. The second kappa shape index (κ2) is 7.35. The van der Waals surface area contributed by atoms with Crippen molar-refractivity contribution in [3.8, 4) is 11.5 Å². The van der Waals surface area contributed by atoms with E-state index in [4.69, 9.17) is 14.6 Å². The Morgan fingerprint density at radius 3 is 2.72 bits per heavy atom. The van der Waals surface area contributed by atoms with Gasteiger partial charge >= 0.3 is 5.97 Å². The summed E-state index contributed by atoms with van der Waals surface area (Å²) in [4.78, 5) is 11.1. The maximum absolute atomic E-state index is 13.0. The van der Waals surface area contributed by atoms with Gasteiger partial charge in [0.05, 0.1) is 4.90 Å². The molecule has 0 bridgehead atoms. The van der Waals surface area contributed by atoms with Crippen molar-refractivity contribution in [1.29, 1.82) is 0 Å². The number of aliphatic carboxylic acids is 1. The number of hydrogen-bond acceptors (Lipinski definition) is 5. The first kappa shape index (κ1) is 19.7. The molecule has 1 saturated carbocycles. The van der Waals surface area contributed by atoms with E-state index in [-0.39, 0.29) is 23.0 Å². The first-order valence-electron chi connectivity index (χ1n) is 9.50. The average molecular weight is 417 g/mol. The number of ether oxygens (including phenoxy) is 2. The number of benzene rings is 2. The van der Waals surface area contributed by atoms with E-state index < -0.39 is 22.6 Å². The van der Waals surface area contributed by atoms with Crippen LogP contribution in [-0.2, 0) is 14.8 Å². The van der Waals surface area contributed by atoms with Gasteiger partial charge in [0, 0.05) is 17.5 Å². The number of fused-ring (bicyclic) bond motifs is 3. The predicted molar refractivity (Wildman–Crippen MR) is 106 cm³/mol. The fraction of sp³-hybridized carbons (Fsp3) is 0.381. The molecule has 3 unspecified atom stereocenters. The molecule has 0 spiro atoms. The van der Waals surface area contributed by atoms with Crippen molar-refractivity contribution < 1.29 is 27.8 Å².